The van der Waals surface area contributed by atoms with Crippen LogP contribution in [0.1, 0.15) is 27.4 Å². The van der Waals surface area contributed by atoms with E-state index in [1.807, 2.05) is 6.92 Å². The molecule has 0 fully saturated rings. The zero-order valence-corrected chi connectivity index (χ0v) is 11.0. The Kier molecular flexibility index (Phi) is 3.46. The number of hydrogen-bond acceptors (Lipinski definition) is 4. The molecule has 0 aliphatic carbocycles. The summed E-state index contributed by atoms with van der Waals surface area (Å²) in [5.41, 5.74) is 1.73. The number of aryl methyl sites for hydroxylation is 3. The zero-order valence-electron chi connectivity index (χ0n) is 11.0. The first kappa shape index (κ1) is 13.0. The van der Waals surface area contributed by atoms with E-state index in [9.17, 15) is 4.79 Å². The Balaban J connectivity index is 2.28. The van der Waals surface area contributed by atoms with Crippen LogP contribution in [0.3, 0.4) is 0 Å². The fraction of sp³-hybridized carbons (Fsp3) is 0.214. The molecule has 0 spiro atoms. The molecule has 2 rings (SSSR count). The van der Waals surface area contributed by atoms with Gasteiger partial charge in [0.2, 0.25) is 5.88 Å². The fourth-order valence-electron chi connectivity index (χ4n) is 1.80. The Morgan fingerprint density at radius 1 is 1.16 bits per heavy atom. The van der Waals surface area contributed by atoms with Crippen LogP contribution in [0.2, 0.25) is 0 Å². The molecule has 0 radical (unpaired) electrons. The number of carbonyl (C=O) groups is 1. The summed E-state index contributed by atoms with van der Waals surface area (Å²) in [6.45, 7) is 5.38. The second kappa shape index (κ2) is 5.06. The molecule has 0 saturated heterocycles. The lowest BCUT2D eigenvalue weighted by Crippen LogP contribution is -2.00. The van der Waals surface area contributed by atoms with Crippen LogP contribution in [-0.2, 0) is 0 Å². The van der Waals surface area contributed by atoms with E-state index in [1.165, 1.54) is 6.07 Å². The maximum Gasteiger partial charge on any atom is 0.335 e. The quantitative estimate of drug-likeness (QED) is 0.916. The van der Waals surface area contributed by atoms with Gasteiger partial charge in [0, 0.05) is 11.8 Å². The summed E-state index contributed by atoms with van der Waals surface area (Å²) in [5, 5.41) is 8.96. The van der Waals surface area contributed by atoms with Crippen molar-refractivity contribution in [2.75, 3.05) is 0 Å². The van der Waals surface area contributed by atoms with E-state index in [1.54, 1.807) is 32.0 Å². The number of rotatable bonds is 3. The van der Waals surface area contributed by atoms with Crippen molar-refractivity contribution < 1.29 is 14.6 Å². The average molecular weight is 258 g/mol. The lowest BCUT2D eigenvalue weighted by molar-refractivity contribution is 0.0696. The standard InChI is InChI=1S/C14H14N2O3/c1-8-6-11(4-5-12(8)14(17)18)19-13-7-9(2)15-10(3)16-13/h4-7H,1-3H3,(H,17,18). The van der Waals surface area contributed by atoms with Crippen LogP contribution < -0.4 is 4.74 Å². The van der Waals surface area contributed by atoms with Gasteiger partial charge in [-0.3, -0.25) is 0 Å². The number of nitrogens with zero attached hydrogens (tertiary/aromatic N) is 2. The molecule has 5 nitrogen and oxygen atoms in total. The fourth-order valence-corrected chi connectivity index (χ4v) is 1.80. The minimum atomic E-state index is -0.947. The lowest BCUT2D eigenvalue weighted by Gasteiger charge is -2.08. The number of ether oxygens (including phenoxy) is 1. The summed E-state index contributed by atoms with van der Waals surface area (Å²) in [5.74, 6) is 0.694. The molecule has 19 heavy (non-hydrogen) atoms. The van der Waals surface area contributed by atoms with E-state index in [4.69, 9.17) is 9.84 Å². The highest BCUT2D eigenvalue weighted by atomic mass is 16.5. The Labute approximate surface area is 110 Å². The molecule has 0 unspecified atom stereocenters. The predicted octanol–water partition coefficient (Wildman–Crippen LogP) is 2.89. The van der Waals surface area contributed by atoms with Crippen molar-refractivity contribution in [3.05, 3.63) is 46.9 Å². The van der Waals surface area contributed by atoms with Crippen molar-refractivity contribution in [2.24, 2.45) is 0 Å². The summed E-state index contributed by atoms with van der Waals surface area (Å²) < 4.78 is 5.61. The first-order valence-corrected chi connectivity index (χ1v) is 5.80. The lowest BCUT2D eigenvalue weighted by atomic mass is 10.1. The third-order valence-electron chi connectivity index (χ3n) is 2.59. The van der Waals surface area contributed by atoms with Crippen molar-refractivity contribution in [3.8, 4) is 11.6 Å². The number of aromatic nitrogens is 2. The highest BCUT2D eigenvalue weighted by Crippen LogP contribution is 2.23. The van der Waals surface area contributed by atoms with Crippen molar-refractivity contribution in [3.63, 3.8) is 0 Å². The first-order valence-electron chi connectivity index (χ1n) is 5.80. The molecule has 1 N–H and O–H groups in total. The van der Waals surface area contributed by atoms with Crippen molar-refractivity contribution in [1.82, 2.24) is 9.97 Å². The van der Waals surface area contributed by atoms with Gasteiger partial charge in [-0.2, -0.15) is 4.98 Å². The van der Waals surface area contributed by atoms with Crippen LogP contribution in [-0.4, -0.2) is 21.0 Å². The van der Waals surface area contributed by atoms with Crippen LogP contribution in [0.5, 0.6) is 11.6 Å². The maximum absolute atomic E-state index is 10.9. The summed E-state index contributed by atoms with van der Waals surface area (Å²) in [4.78, 5) is 19.2. The predicted molar refractivity (Wildman–Crippen MR) is 69.7 cm³/mol. The van der Waals surface area contributed by atoms with Crippen LogP contribution in [0, 0.1) is 20.8 Å². The van der Waals surface area contributed by atoms with Crippen LogP contribution in [0.25, 0.3) is 0 Å². The van der Waals surface area contributed by atoms with Crippen molar-refractivity contribution in [1.29, 1.82) is 0 Å². The Hall–Kier alpha value is -2.43. The van der Waals surface area contributed by atoms with Gasteiger partial charge in [0.15, 0.2) is 0 Å². The minimum absolute atomic E-state index is 0.266. The van der Waals surface area contributed by atoms with Gasteiger partial charge in [-0.05, 0) is 44.5 Å². The normalized spacial score (nSPS) is 10.3. The third-order valence-corrected chi connectivity index (χ3v) is 2.59. The first-order chi connectivity index (χ1) is 8.95. The van der Waals surface area contributed by atoms with Gasteiger partial charge in [-0.15, -0.1) is 0 Å². The minimum Gasteiger partial charge on any atom is -0.478 e. The number of aromatic carboxylic acids is 1. The molecule has 1 aromatic carbocycles. The molecule has 0 saturated carbocycles. The Morgan fingerprint density at radius 3 is 2.47 bits per heavy atom. The monoisotopic (exact) mass is 258 g/mol. The summed E-state index contributed by atoms with van der Waals surface area (Å²) >= 11 is 0. The van der Waals surface area contributed by atoms with Gasteiger partial charge in [-0.25, -0.2) is 9.78 Å². The molecule has 0 aliphatic rings. The summed E-state index contributed by atoms with van der Waals surface area (Å²) in [6.07, 6.45) is 0. The van der Waals surface area contributed by atoms with E-state index in [-0.39, 0.29) is 5.56 Å². The van der Waals surface area contributed by atoms with Crippen LogP contribution in [0.15, 0.2) is 24.3 Å². The largest absolute Gasteiger partial charge is 0.478 e. The van der Waals surface area contributed by atoms with Gasteiger partial charge in [-0.1, -0.05) is 0 Å². The molecular formula is C14H14N2O3. The highest BCUT2D eigenvalue weighted by molar-refractivity contribution is 5.89. The Morgan fingerprint density at radius 2 is 1.89 bits per heavy atom. The van der Waals surface area contributed by atoms with Crippen molar-refractivity contribution in [2.45, 2.75) is 20.8 Å². The second-order valence-corrected chi connectivity index (χ2v) is 4.28. The van der Waals surface area contributed by atoms with Crippen LogP contribution >= 0.6 is 0 Å². The number of carboxylic acids is 1. The average Bonchev–Trinajstić information content (AvgIpc) is 2.26. The third kappa shape index (κ3) is 3.07. The molecule has 0 aliphatic heterocycles. The van der Waals surface area contributed by atoms with Gasteiger partial charge in [0.1, 0.15) is 11.6 Å². The Bertz CT molecular complexity index is 618. The molecule has 0 amide bonds. The summed E-state index contributed by atoms with van der Waals surface area (Å²) in [7, 11) is 0. The zero-order chi connectivity index (χ0) is 14.0. The van der Waals surface area contributed by atoms with E-state index in [0.29, 0.717) is 23.0 Å². The molecule has 5 heteroatoms. The van der Waals surface area contributed by atoms with Crippen LogP contribution in [0.4, 0.5) is 0 Å². The highest BCUT2D eigenvalue weighted by Gasteiger charge is 2.09. The number of benzene rings is 1. The van der Waals surface area contributed by atoms with Crippen molar-refractivity contribution >= 4 is 5.97 Å². The van der Waals surface area contributed by atoms with Gasteiger partial charge in [0.25, 0.3) is 0 Å². The molecule has 2 aromatic rings. The van der Waals surface area contributed by atoms with E-state index in [2.05, 4.69) is 9.97 Å². The molecule has 0 bridgehead atoms. The molecule has 1 heterocycles. The molecule has 1 aromatic heterocycles. The maximum atomic E-state index is 10.9. The SMILES string of the molecule is Cc1cc(Oc2ccc(C(=O)O)c(C)c2)nc(C)n1. The molecule has 0 atom stereocenters. The molecule has 98 valence electrons. The van der Waals surface area contributed by atoms with E-state index < -0.39 is 5.97 Å². The number of hydrogen-bond donors (Lipinski definition) is 1. The van der Waals surface area contributed by atoms with E-state index in [0.717, 1.165) is 5.69 Å². The smallest absolute Gasteiger partial charge is 0.335 e. The molecular weight excluding hydrogens is 244 g/mol. The van der Waals surface area contributed by atoms with E-state index >= 15 is 0 Å². The van der Waals surface area contributed by atoms with Gasteiger partial charge >= 0.3 is 5.97 Å². The summed E-state index contributed by atoms with van der Waals surface area (Å²) in [6, 6.07) is 6.54. The topological polar surface area (TPSA) is 72.3 Å². The van der Waals surface area contributed by atoms with Gasteiger partial charge in [0.05, 0.1) is 5.56 Å². The second-order valence-electron chi connectivity index (χ2n) is 4.28. The number of carboxylic acid groups (broad SMARTS) is 1. The van der Waals surface area contributed by atoms with Gasteiger partial charge < -0.3 is 9.84 Å².